The molecule has 10 heteroatoms. The first kappa shape index (κ1) is 22.5. The lowest BCUT2D eigenvalue weighted by Crippen LogP contribution is -2.71. The van der Waals surface area contributed by atoms with Crippen molar-refractivity contribution in [3.63, 3.8) is 0 Å². The van der Waals surface area contributed by atoms with E-state index in [4.69, 9.17) is 9.47 Å². The van der Waals surface area contributed by atoms with Gasteiger partial charge in [0, 0.05) is 74.1 Å². The summed E-state index contributed by atoms with van der Waals surface area (Å²) in [5, 5.41) is 4.09. The molecule has 3 aromatic heterocycles. The Bertz CT molecular complexity index is 1460. The topological polar surface area (TPSA) is 80.6 Å². The predicted octanol–water partition coefficient (Wildman–Crippen LogP) is 3.68. The normalized spacial score (nSPS) is 16.6. The van der Waals surface area contributed by atoms with Crippen molar-refractivity contribution >= 4 is 28.4 Å². The number of anilines is 3. The Hall–Kier alpha value is -3.92. The molecule has 2 aliphatic rings. The predicted molar refractivity (Wildman–Crippen MR) is 137 cm³/mol. The van der Waals surface area contributed by atoms with Gasteiger partial charge in [-0.2, -0.15) is 0 Å². The van der Waals surface area contributed by atoms with Gasteiger partial charge >= 0.3 is 0 Å². The van der Waals surface area contributed by atoms with E-state index in [9.17, 15) is 4.39 Å². The van der Waals surface area contributed by atoms with Crippen molar-refractivity contribution in [2.75, 3.05) is 57.7 Å². The van der Waals surface area contributed by atoms with Crippen molar-refractivity contribution in [2.24, 2.45) is 12.5 Å². The number of hydrogen-bond acceptors (Lipinski definition) is 8. The van der Waals surface area contributed by atoms with Crippen molar-refractivity contribution < 1.29 is 13.9 Å². The number of fused-ring (bicyclic) bond motifs is 1. The zero-order valence-corrected chi connectivity index (χ0v) is 20.7. The van der Waals surface area contributed by atoms with Crippen LogP contribution in [0.5, 0.6) is 11.5 Å². The molecule has 2 fully saturated rings. The van der Waals surface area contributed by atoms with Crippen LogP contribution in [0.15, 0.2) is 42.9 Å². The van der Waals surface area contributed by atoms with E-state index >= 15 is 0 Å². The number of pyridine rings is 1. The molecule has 0 radical (unpaired) electrons. The van der Waals surface area contributed by atoms with Crippen LogP contribution in [0.4, 0.5) is 21.7 Å². The lowest BCUT2D eigenvalue weighted by atomic mass is 9.73. The van der Waals surface area contributed by atoms with Gasteiger partial charge in [-0.15, -0.1) is 0 Å². The van der Waals surface area contributed by atoms with Crippen molar-refractivity contribution in [1.82, 2.24) is 24.4 Å². The zero-order chi connectivity index (χ0) is 25.0. The fraction of sp³-hybridized carbons (Fsp3) is 0.346. The molecule has 0 unspecified atom stereocenters. The maximum absolute atomic E-state index is 14.7. The minimum atomic E-state index is -0.522. The lowest BCUT2D eigenvalue weighted by molar-refractivity contribution is -0.00260. The monoisotopic (exact) mass is 489 g/mol. The van der Waals surface area contributed by atoms with Crippen LogP contribution < -0.4 is 19.7 Å². The fourth-order valence-corrected chi connectivity index (χ4v) is 5.49. The highest BCUT2D eigenvalue weighted by Crippen LogP contribution is 2.47. The zero-order valence-electron chi connectivity index (χ0n) is 20.7. The van der Waals surface area contributed by atoms with Gasteiger partial charge < -0.3 is 29.2 Å². The molecular formula is C26H28FN7O2. The Morgan fingerprint density at radius 1 is 0.972 bits per heavy atom. The summed E-state index contributed by atoms with van der Waals surface area (Å²) in [5.74, 6) is 1.07. The van der Waals surface area contributed by atoms with Gasteiger partial charge in [-0.25, -0.2) is 19.3 Å². The van der Waals surface area contributed by atoms with Gasteiger partial charge in [0.15, 0.2) is 5.82 Å². The van der Waals surface area contributed by atoms with Crippen LogP contribution in [0.1, 0.15) is 0 Å². The molecule has 4 aromatic rings. The molecule has 0 atom stereocenters. The Morgan fingerprint density at radius 2 is 1.75 bits per heavy atom. The second kappa shape index (κ2) is 8.34. The van der Waals surface area contributed by atoms with Crippen molar-refractivity contribution in [1.29, 1.82) is 0 Å². The quantitative estimate of drug-likeness (QED) is 0.439. The Kier molecular flexibility index (Phi) is 5.22. The minimum absolute atomic E-state index is 0.171. The van der Waals surface area contributed by atoms with E-state index < -0.39 is 5.82 Å². The van der Waals surface area contributed by atoms with E-state index in [0.29, 0.717) is 22.4 Å². The molecule has 5 heterocycles. The molecule has 0 aliphatic carbocycles. The first-order valence-corrected chi connectivity index (χ1v) is 11.8. The average molecular weight is 490 g/mol. The van der Waals surface area contributed by atoms with Crippen LogP contribution in [0.2, 0.25) is 0 Å². The van der Waals surface area contributed by atoms with E-state index in [0.717, 1.165) is 54.8 Å². The third-order valence-electron chi connectivity index (χ3n) is 7.08. The molecule has 9 nitrogen and oxygen atoms in total. The third-order valence-corrected chi connectivity index (χ3v) is 7.08. The van der Waals surface area contributed by atoms with Crippen molar-refractivity contribution in [3.05, 3.63) is 48.7 Å². The van der Waals surface area contributed by atoms with Gasteiger partial charge in [0.1, 0.15) is 22.8 Å². The summed E-state index contributed by atoms with van der Waals surface area (Å²) in [6, 6.07) is 7.64. The Balaban J connectivity index is 1.29. The lowest BCUT2D eigenvalue weighted by Gasteiger charge is -2.60. The number of likely N-dealkylation sites (tertiary alicyclic amines) is 1. The van der Waals surface area contributed by atoms with Crippen LogP contribution >= 0.6 is 0 Å². The summed E-state index contributed by atoms with van der Waals surface area (Å²) in [4.78, 5) is 17.7. The molecule has 0 bridgehead atoms. The third kappa shape index (κ3) is 3.69. The molecule has 36 heavy (non-hydrogen) atoms. The maximum Gasteiger partial charge on any atom is 0.228 e. The highest BCUT2D eigenvalue weighted by atomic mass is 19.1. The second-order valence-electron chi connectivity index (χ2n) is 9.83. The van der Waals surface area contributed by atoms with Crippen molar-refractivity contribution in [3.8, 4) is 22.8 Å². The molecule has 186 valence electrons. The number of benzene rings is 1. The van der Waals surface area contributed by atoms with E-state index in [1.807, 2.05) is 42.1 Å². The van der Waals surface area contributed by atoms with E-state index in [1.165, 1.54) is 0 Å². The largest absolute Gasteiger partial charge is 0.494 e. The smallest absolute Gasteiger partial charge is 0.228 e. The summed E-state index contributed by atoms with van der Waals surface area (Å²) < 4.78 is 28.0. The maximum atomic E-state index is 14.7. The molecular weight excluding hydrogens is 461 g/mol. The van der Waals surface area contributed by atoms with Crippen LogP contribution in [-0.2, 0) is 7.05 Å². The molecule has 1 spiro atoms. The number of nitrogens with one attached hydrogen (secondary N) is 1. The van der Waals surface area contributed by atoms with Crippen LogP contribution in [0, 0.1) is 11.2 Å². The van der Waals surface area contributed by atoms with Gasteiger partial charge in [0.2, 0.25) is 5.95 Å². The number of nitrogens with zero attached hydrogens (tertiary/aromatic N) is 6. The van der Waals surface area contributed by atoms with E-state index in [1.54, 1.807) is 20.4 Å². The van der Waals surface area contributed by atoms with Crippen LogP contribution in [0.3, 0.4) is 0 Å². The highest BCUT2D eigenvalue weighted by molar-refractivity contribution is 5.81. The number of ether oxygens (including phenoxy) is 2. The Labute approximate surface area is 208 Å². The van der Waals surface area contributed by atoms with E-state index in [2.05, 4.69) is 37.1 Å². The molecule has 2 aliphatic heterocycles. The Morgan fingerprint density at radius 3 is 2.47 bits per heavy atom. The van der Waals surface area contributed by atoms with Gasteiger partial charge in [0.05, 0.1) is 31.8 Å². The summed E-state index contributed by atoms with van der Waals surface area (Å²) in [5.41, 5.74) is 3.57. The number of halogens is 1. The van der Waals surface area contributed by atoms with Crippen LogP contribution in [-0.4, -0.2) is 71.9 Å². The van der Waals surface area contributed by atoms with Gasteiger partial charge in [0.25, 0.3) is 0 Å². The number of aromatic nitrogens is 4. The number of aryl methyl sites for hydroxylation is 1. The second-order valence-corrected chi connectivity index (χ2v) is 9.83. The van der Waals surface area contributed by atoms with E-state index in [-0.39, 0.29) is 11.6 Å². The number of methoxy groups -OCH3 is 2. The molecule has 1 aromatic carbocycles. The summed E-state index contributed by atoms with van der Waals surface area (Å²) in [6.45, 7) is 4.24. The summed E-state index contributed by atoms with van der Waals surface area (Å²) in [7, 11) is 7.34. The molecule has 2 saturated heterocycles. The van der Waals surface area contributed by atoms with Gasteiger partial charge in [-0.3, -0.25) is 0 Å². The van der Waals surface area contributed by atoms with Gasteiger partial charge in [-0.05, 0) is 19.2 Å². The van der Waals surface area contributed by atoms with Crippen LogP contribution in [0.25, 0.3) is 22.3 Å². The molecule has 6 rings (SSSR count). The first-order chi connectivity index (χ1) is 17.4. The fourth-order valence-electron chi connectivity index (χ4n) is 5.49. The van der Waals surface area contributed by atoms with Crippen molar-refractivity contribution in [2.45, 2.75) is 0 Å². The highest BCUT2D eigenvalue weighted by Gasteiger charge is 2.51. The number of rotatable bonds is 6. The summed E-state index contributed by atoms with van der Waals surface area (Å²) >= 11 is 0. The minimum Gasteiger partial charge on any atom is -0.494 e. The molecule has 1 N–H and O–H groups in total. The SMILES string of the molecule is COc1cc(N2CC3(CN(C)C3)C2)c(OC)cc1Nc1ncc(F)c(-c2cnc3c(ccn3C)c2)n1. The average Bonchev–Trinajstić information content (AvgIpc) is 3.21. The standard InChI is InChI=1S/C26H28FN7O2/c1-32-12-26(13-32)14-34(15-26)20-9-21(35-3)19(8-22(20)36-4)30-25-29-11-18(27)23(31-25)17-7-16-5-6-33(2)24(16)28-10-17/h5-11H,12-15H2,1-4H3,(H,29,30,31). The summed E-state index contributed by atoms with van der Waals surface area (Å²) in [6.07, 6.45) is 4.70. The first-order valence-electron chi connectivity index (χ1n) is 11.8. The van der Waals surface area contributed by atoms with Gasteiger partial charge in [-0.1, -0.05) is 0 Å². The molecule has 0 amide bonds. The number of hydrogen-bond donors (Lipinski definition) is 1. The molecule has 0 saturated carbocycles.